The molecule has 0 bridgehead atoms. The number of hydrogen-bond donors (Lipinski definition) is 2. The maximum atomic E-state index is 12.3. The van der Waals surface area contributed by atoms with Crippen molar-refractivity contribution in [3.8, 4) is 5.82 Å². The van der Waals surface area contributed by atoms with Crippen LogP contribution in [0.3, 0.4) is 0 Å². The van der Waals surface area contributed by atoms with Gasteiger partial charge in [-0.25, -0.2) is 9.97 Å². The number of fused-ring (bicyclic) bond motifs is 1. The number of morpholine rings is 1. The topological polar surface area (TPSA) is 97.2 Å². The van der Waals surface area contributed by atoms with Gasteiger partial charge >= 0.3 is 0 Å². The molecule has 1 aromatic carbocycles. The summed E-state index contributed by atoms with van der Waals surface area (Å²) in [6.07, 6.45) is 9.30. The number of amides is 1. The lowest BCUT2D eigenvalue weighted by Gasteiger charge is -2.25. The van der Waals surface area contributed by atoms with Gasteiger partial charge in [0.2, 0.25) is 5.91 Å². The van der Waals surface area contributed by atoms with Gasteiger partial charge in [-0.3, -0.25) is 19.2 Å². The summed E-state index contributed by atoms with van der Waals surface area (Å²) in [6.45, 7) is 10.1. The summed E-state index contributed by atoms with van der Waals surface area (Å²) in [5.74, 6) is 1.05. The van der Waals surface area contributed by atoms with Crippen LogP contribution in [0.1, 0.15) is 13.3 Å². The van der Waals surface area contributed by atoms with Gasteiger partial charge in [-0.05, 0) is 37.6 Å². The van der Waals surface area contributed by atoms with E-state index in [0.29, 0.717) is 17.3 Å². The fourth-order valence-electron chi connectivity index (χ4n) is 3.47. The van der Waals surface area contributed by atoms with Crippen LogP contribution in [-0.2, 0) is 9.53 Å². The number of nitrogens with zero attached hydrogens (tertiary/aromatic N) is 5. The second kappa shape index (κ2) is 10.2. The fraction of sp³-hybridized carbons (Fsp3) is 0.304. The number of carbonyl (C=O) groups is 1. The molecule has 9 heteroatoms. The standard InChI is InChI=1S/C23H27N7O2/c1-17(2)26-21-14-24-15-22(28-21)30-16-25-19-7-6-18(13-20(19)30)27-23(31)5-3-4-8-29-9-11-32-12-10-29/h3,5-7,13-16H,1,4,8-12H2,2H3,(H,26,28)(H,27,31)/b5-3-. The van der Waals surface area contributed by atoms with Gasteiger partial charge in [-0.15, -0.1) is 0 Å². The Morgan fingerprint density at radius 1 is 1.25 bits per heavy atom. The first-order valence-corrected chi connectivity index (χ1v) is 10.6. The molecule has 0 radical (unpaired) electrons. The summed E-state index contributed by atoms with van der Waals surface area (Å²) >= 11 is 0. The first-order chi connectivity index (χ1) is 15.6. The summed E-state index contributed by atoms with van der Waals surface area (Å²) in [5.41, 5.74) is 3.08. The number of ether oxygens (including phenoxy) is 1. The van der Waals surface area contributed by atoms with Gasteiger partial charge in [-0.1, -0.05) is 12.7 Å². The van der Waals surface area contributed by atoms with E-state index in [0.717, 1.165) is 56.0 Å². The predicted octanol–water partition coefficient (Wildman–Crippen LogP) is 2.98. The van der Waals surface area contributed by atoms with Crippen molar-refractivity contribution >= 4 is 28.4 Å². The van der Waals surface area contributed by atoms with Crippen molar-refractivity contribution in [1.82, 2.24) is 24.4 Å². The van der Waals surface area contributed by atoms with Crippen LogP contribution in [0.5, 0.6) is 0 Å². The van der Waals surface area contributed by atoms with Crippen LogP contribution in [0.2, 0.25) is 0 Å². The fourth-order valence-corrected chi connectivity index (χ4v) is 3.47. The molecule has 3 heterocycles. The van der Waals surface area contributed by atoms with E-state index in [1.54, 1.807) is 24.8 Å². The SMILES string of the molecule is C=C(C)Nc1cncc(-n2cnc3ccc(NC(=O)/C=C\CCN4CCOCC4)cc32)n1. The van der Waals surface area contributed by atoms with Crippen molar-refractivity contribution < 1.29 is 9.53 Å². The summed E-state index contributed by atoms with van der Waals surface area (Å²) < 4.78 is 7.18. The molecule has 4 rings (SSSR count). The van der Waals surface area contributed by atoms with E-state index < -0.39 is 0 Å². The Balaban J connectivity index is 1.42. The minimum Gasteiger partial charge on any atom is -0.379 e. The molecule has 2 N–H and O–H groups in total. The number of imidazole rings is 1. The maximum absolute atomic E-state index is 12.3. The van der Waals surface area contributed by atoms with E-state index >= 15 is 0 Å². The van der Waals surface area contributed by atoms with Crippen molar-refractivity contribution in [1.29, 1.82) is 0 Å². The second-order valence-corrected chi connectivity index (χ2v) is 7.62. The Kier molecular flexibility index (Phi) is 6.88. The van der Waals surface area contributed by atoms with Crippen LogP contribution in [0.25, 0.3) is 16.9 Å². The van der Waals surface area contributed by atoms with Crippen LogP contribution in [0.4, 0.5) is 11.5 Å². The molecule has 2 aromatic heterocycles. The van der Waals surface area contributed by atoms with Crippen LogP contribution >= 0.6 is 0 Å². The molecule has 1 amide bonds. The van der Waals surface area contributed by atoms with Gasteiger partial charge in [-0.2, -0.15) is 0 Å². The third-order valence-corrected chi connectivity index (χ3v) is 5.01. The number of allylic oxidation sites excluding steroid dienone is 1. The molecular weight excluding hydrogens is 406 g/mol. The Hall–Kier alpha value is -3.56. The van der Waals surface area contributed by atoms with E-state index in [-0.39, 0.29) is 5.91 Å². The number of carbonyl (C=O) groups excluding carboxylic acids is 1. The van der Waals surface area contributed by atoms with Gasteiger partial charge in [0.1, 0.15) is 6.33 Å². The molecule has 1 fully saturated rings. The molecule has 1 aliphatic heterocycles. The molecule has 3 aromatic rings. The largest absolute Gasteiger partial charge is 0.379 e. The summed E-state index contributed by atoms with van der Waals surface area (Å²) in [5, 5.41) is 5.98. The Labute approximate surface area is 186 Å². The highest BCUT2D eigenvalue weighted by Crippen LogP contribution is 2.21. The smallest absolute Gasteiger partial charge is 0.248 e. The minimum atomic E-state index is -0.162. The third-order valence-electron chi connectivity index (χ3n) is 5.01. The number of nitrogens with one attached hydrogen (secondary N) is 2. The maximum Gasteiger partial charge on any atom is 0.248 e. The van der Waals surface area contributed by atoms with Gasteiger partial charge in [0.25, 0.3) is 0 Å². The van der Waals surface area contributed by atoms with Gasteiger partial charge in [0.05, 0.1) is 36.6 Å². The Bertz CT molecular complexity index is 1130. The summed E-state index contributed by atoms with van der Waals surface area (Å²) in [4.78, 5) is 27.9. The van der Waals surface area contributed by atoms with Gasteiger partial charge in [0.15, 0.2) is 11.6 Å². The van der Waals surface area contributed by atoms with Crippen molar-refractivity contribution in [3.63, 3.8) is 0 Å². The van der Waals surface area contributed by atoms with Crippen molar-refractivity contribution in [2.75, 3.05) is 43.5 Å². The number of hydrogen-bond acceptors (Lipinski definition) is 7. The zero-order valence-corrected chi connectivity index (χ0v) is 18.1. The molecule has 0 unspecified atom stereocenters. The quantitative estimate of drug-likeness (QED) is 0.527. The van der Waals surface area contributed by atoms with Crippen molar-refractivity contribution in [3.05, 3.63) is 61.3 Å². The predicted molar refractivity (Wildman–Crippen MR) is 125 cm³/mol. The van der Waals surface area contributed by atoms with Crippen LogP contribution in [0.15, 0.2) is 61.3 Å². The Morgan fingerprint density at radius 2 is 2.09 bits per heavy atom. The van der Waals surface area contributed by atoms with Crippen LogP contribution in [-0.4, -0.2) is 63.2 Å². The first-order valence-electron chi connectivity index (χ1n) is 10.6. The number of aromatic nitrogens is 4. The highest BCUT2D eigenvalue weighted by atomic mass is 16.5. The molecule has 0 spiro atoms. The molecular formula is C23H27N7O2. The lowest BCUT2D eigenvalue weighted by Crippen LogP contribution is -2.36. The number of benzene rings is 1. The highest BCUT2D eigenvalue weighted by Gasteiger charge is 2.10. The summed E-state index contributed by atoms with van der Waals surface area (Å²) in [6, 6.07) is 5.58. The second-order valence-electron chi connectivity index (χ2n) is 7.62. The van der Waals surface area contributed by atoms with E-state index in [1.807, 2.05) is 35.8 Å². The lowest BCUT2D eigenvalue weighted by atomic mass is 10.2. The average Bonchev–Trinajstić information content (AvgIpc) is 3.20. The first kappa shape index (κ1) is 21.7. The Morgan fingerprint density at radius 3 is 2.91 bits per heavy atom. The lowest BCUT2D eigenvalue weighted by molar-refractivity contribution is -0.111. The zero-order valence-electron chi connectivity index (χ0n) is 18.1. The minimum absolute atomic E-state index is 0.162. The summed E-state index contributed by atoms with van der Waals surface area (Å²) in [7, 11) is 0. The van der Waals surface area contributed by atoms with Crippen LogP contribution < -0.4 is 10.6 Å². The zero-order chi connectivity index (χ0) is 22.3. The van der Waals surface area contributed by atoms with E-state index in [4.69, 9.17) is 4.74 Å². The van der Waals surface area contributed by atoms with Crippen molar-refractivity contribution in [2.24, 2.45) is 0 Å². The van der Waals surface area contributed by atoms with E-state index in [9.17, 15) is 4.79 Å². The number of anilines is 2. The van der Waals surface area contributed by atoms with E-state index in [1.165, 1.54) is 0 Å². The molecule has 0 atom stereocenters. The monoisotopic (exact) mass is 433 g/mol. The molecule has 32 heavy (non-hydrogen) atoms. The number of rotatable bonds is 8. The third kappa shape index (κ3) is 5.57. The molecule has 1 aliphatic rings. The highest BCUT2D eigenvalue weighted by molar-refractivity contribution is 6.00. The van der Waals surface area contributed by atoms with Crippen LogP contribution in [0, 0.1) is 0 Å². The molecule has 9 nitrogen and oxygen atoms in total. The van der Waals surface area contributed by atoms with E-state index in [2.05, 4.69) is 37.1 Å². The van der Waals surface area contributed by atoms with Crippen molar-refractivity contribution in [2.45, 2.75) is 13.3 Å². The average molecular weight is 434 g/mol. The normalized spacial score (nSPS) is 14.7. The molecule has 1 saturated heterocycles. The molecule has 0 saturated carbocycles. The molecule has 0 aliphatic carbocycles. The van der Waals surface area contributed by atoms with Gasteiger partial charge in [0, 0.05) is 31.0 Å². The molecule has 166 valence electrons. The van der Waals surface area contributed by atoms with Gasteiger partial charge < -0.3 is 15.4 Å².